The fraction of sp³-hybridized carbons (Fsp3) is 0.250. The molecule has 0 aliphatic rings. The predicted molar refractivity (Wildman–Crippen MR) is 55.9 cm³/mol. The number of benzene rings is 1. The molecule has 5 nitrogen and oxygen atoms in total. The molecule has 0 amide bonds. The van der Waals surface area contributed by atoms with Crippen LogP contribution in [0.1, 0.15) is 0 Å². The summed E-state index contributed by atoms with van der Waals surface area (Å²) in [6, 6.07) is 4.68. The molecule has 0 aromatic heterocycles. The van der Waals surface area contributed by atoms with Crippen LogP contribution in [-0.2, 0) is 10.0 Å². The molecule has 1 rings (SSSR count). The van der Waals surface area contributed by atoms with Crippen LogP contribution < -0.4 is 15.2 Å². The van der Waals surface area contributed by atoms with E-state index in [2.05, 4.69) is 4.72 Å². The summed E-state index contributed by atoms with van der Waals surface area (Å²) in [5.41, 5.74) is 6.40. The van der Waals surface area contributed by atoms with Gasteiger partial charge in [-0.05, 0) is 18.2 Å². The van der Waals surface area contributed by atoms with E-state index in [9.17, 15) is 8.42 Å². The Kier molecular flexibility index (Phi) is 2.85. The summed E-state index contributed by atoms with van der Waals surface area (Å²) in [6.07, 6.45) is 1.08. The number of anilines is 2. The lowest BCUT2D eigenvalue weighted by Crippen LogP contribution is -2.09. The highest BCUT2D eigenvalue weighted by molar-refractivity contribution is 7.92. The number of rotatable bonds is 3. The number of nitrogen functional groups attached to an aromatic ring is 1. The lowest BCUT2D eigenvalue weighted by Gasteiger charge is -2.07. The lowest BCUT2D eigenvalue weighted by atomic mass is 10.2. The van der Waals surface area contributed by atoms with Crippen molar-refractivity contribution in [1.82, 2.24) is 0 Å². The van der Waals surface area contributed by atoms with E-state index in [1.165, 1.54) is 13.2 Å². The third-order valence-corrected chi connectivity index (χ3v) is 2.14. The van der Waals surface area contributed by atoms with E-state index in [4.69, 9.17) is 10.5 Å². The highest BCUT2D eigenvalue weighted by atomic mass is 32.2. The van der Waals surface area contributed by atoms with Crippen molar-refractivity contribution in [1.29, 1.82) is 0 Å². The quantitative estimate of drug-likeness (QED) is 0.727. The van der Waals surface area contributed by atoms with Crippen molar-refractivity contribution in [2.24, 2.45) is 0 Å². The summed E-state index contributed by atoms with van der Waals surface area (Å²) in [4.78, 5) is 0. The van der Waals surface area contributed by atoms with Gasteiger partial charge in [0.1, 0.15) is 5.75 Å². The Balaban J connectivity index is 2.98. The van der Waals surface area contributed by atoms with Gasteiger partial charge < -0.3 is 10.5 Å². The maximum Gasteiger partial charge on any atom is 0.229 e. The monoisotopic (exact) mass is 216 g/mol. The fourth-order valence-electron chi connectivity index (χ4n) is 1.01. The Labute approximate surface area is 82.9 Å². The Bertz CT molecular complexity index is 428. The molecule has 0 fully saturated rings. The number of nitrogens with one attached hydrogen (secondary N) is 1. The first kappa shape index (κ1) is 10.6. The molecule has 0 radical (unpaired) electrons. The van der Waals surface area contributed by atoms with E-state index < -0.39 is 10.0 Å². The number of methoxy groups -OCH3 is 1. The minimum absolute atomic E-state index is 0.390. The van der Waals surface area contributed by atoms with E-state index >= 15 is 0 Å². The first-order valence-corrected chi connectivity index (χ1v) is 5.73. The summed E-state index contributed by atoms with van der Waals surface area (Å²) in [6.45, 7) is 0. The Morgan fingerprint density at radius 2 is 2.07 bits per heavy atom. The van der Waals surface area contributed by atoms with Crippen molar-refractivity contribution in [3.8, 4) is 5.75 Å². The molecular formula is C8H12N2O3S. The number of ether oxygens (including phenoxy) is 1. The van der Waals surface area contributed by atoms with Crippen molar-refractivity contribution in [3.05, 3.63) is 18.2 Å². The van der Waals surface area contributed by atoms with Gasteiger partial charge in [0.15, 0.2) is 0 Å². The summed E-state index contributed by atoms with van der Waals surface area (Å²) >= 11 is 0. The average molecular weight is 216 g/mol. The Morgan fingerprint density at radius 1 is 1.43 bits per heavy atom. The standard InChI is InChI=1S/C8H12N2O3S/c1-13-8-4-3-6(5-7(8)9)10-14(2,11)12/h3-5,10H,9H2,1-2H3. The highest BCUT2D eigenvalue weighted by Crippen LogP contribution is 2.24. The van der Waals surface area contributed by atoms with Crippen LogP contribution in [0.15, 0.2) is 18.2 Å². The molecule has 0 aliphatic carbocycles. The number of nitrogens with two attached hydrogens (primary N) is 1. The summed E-state index contributed by atoms with van der Waals surface area (Å²) in [5.74, 6) is 0.518. The molecule has 0 heterocycles. The molecule has 6 heteroatoms. The number of sulfonamides is 1. The van der Waals surface area contributed by atoms with Crippen LogP contribution in [0.25, 0.3) is 0 Å². The van der Waals surface area contributed by atoms with Gasteiger partial charge in [0.2, 0.25) is 10.0 Å². The highest BCUT2D eigenvalue weighted by Gasteiger charge is 2.04. The molecule has 0 unspecified atom stereocenters. The Morgan fingerprint density at radius 3 is 2.50 bits per heavy atom. The van der Waals surface area contributed by atoms with Gasteiger partial charge in [0.25, 0.3) is 0 Å². The van der Waals surface area contributed by atoms with Crippen LogP contribution in [0.5, 0.6) is 5.75 Å². The Hall–Kier alpha value is -1.43. The summed E-state index contributed by atoms with van der Waals surface area (Å²) < 4.78 is 29.0. The maximum absolute atomic E-state index is 10.9. The second-order valence-electron chi connectivity index (χ2n) is 2.83. The summed E-state index contributed by atoms with van der Waals surface area (Å²) in [7, 11) is -1.76. The van der Waals surface area contributed by atoms with E-state index in [1.807, 2.05) is 0 Å². The van der Waals surface area contributed by atoms with Gasteiger partial charge in [-0.25, -0.2) is 8.42 Å². The fourth-order valence-corrected chi connectivity index (χ4v) is 1.57. The zero-order valence-electron chi connectivity index (χ0n) is 7.94. The zero-order valence-corrected chi connectivity index (χ0v) is 8.76. The van der Waals surface area contributed by atoms with Gasteiger partial charge in [-0.2, -0.15) is 0 Å². The van der Waals surface area contributed by atoms with Gasteiger partial charge >= 0.3 is 0 Å². The van der Waals surface area contributed by atoms with Crippen LogP contribution in [0, 0.1) is 0 Å². The minimum atomic E-state index is -3.26. The predicted octanol–water partition coefficient (Wildman–Crippen LogP) is 0.649. The molecule has 0 spiro atoms. The van der Waals surface area contributed by atoms with Crippen molar-refractivity contribution in [2.75, 3.05) is 23.8 Å². The topological polar surface area (TPSA) is 81.4 Å². The van der Waals surface area contributed by atoms with Crippen LogP contribution in [0.2, 0.25) is 0 Å². The normalized spacial score (nSPS) is 11.0. The molecule has 14 heavy (non-hydrogen) atoms. The average Bonchev–Trinajstić information content (AvgIpc) is 2.01. The maximum atomic E-state index is 10.9. The van der Waals surface area contributed by atoms with Gasteiger partial charge in [-0.1, -0.05) is 0 Å². The molecular weight excluding hydrogens is 204 g/mol. The van der Waals surface area contributed by atoms with E-state index in [0.29, 0.717) is 17.1 Å². The zero-order chi connectivity index (χ0) is 10.8. The molecule has 78 valence electrons. The molecule has 1 aromatic rings. The van der Waals surface area contributed by atoms with Crippen molar-refractivity contribution >= 4 is 21.4 Å². The van der Waals surface area contributed by atoms with E-state index in [-0.39, 0.29) is 0 Å². The van der Waals surface area contributed by atoms with Gasteiger partial charge in [0, 0.05) is 0 Å². The molecule has 0 atom stereocenters. The smallest absolute Gasteiger partial charge is 0.229 e. The third-order valence-electron chi connectivity index (χ3n) is 1.53. The lowest BCUT2D eigenvalue weighted by molar-refractivity contribution is 0.417. The van der Waals surface area contributed by atoms with Gasteiger partial charge in [0.05, 0.1) is 24.7 Å². The first-order chi connectivity index (χ1) is 6.42. The largest absolute Gasteiger partial charge is 0.495 e. The van der Waals surface area contributed by atoms with Crippen molar-refractivity contribution < 1.29 is 13.2 Å². The molecule has 3 N–H and O–H groups in total. The number of hydrogen-bond donors (Lipinski definition) is 2. The van der Waals surface area contributed by atoms with Crippen LogP contribution in [0.4, 0.5) is 11.4 Å². The molecule has 0 bridgehead atoms. The van der Waals surface area contributed by atoms with Crippen LogP contribution in [0.3, 0.4) is 0 Å². The molecule has 0 aliphatic heterocycles. The molecule has 1 aromatic carbocycles. The summed E-state index contributed by atoms with van der Waals surface area (Å²) in [5, 5.41) is 0. The van der Waals surface area contributed by atoms with Gasteiger partial charge in [-0.3, -0.25) is 4.72 Å². The van der Waals surface area contributed by atoms with E-state index in [1.54, 1.807) is 12.1 Å². The SMILES string of the molecule is COc1ccc(NS(C)(=O)=O)cc1N. The van der Waals surface area contributed by atoms with Crippen molar-refractivity contribution in [2.45, 2.75) is 0 Å². The van der Waals surface area contributed by atoms with E-state index in [0.717, 1.165) is 6.26 Å². The van der Waals surface area contributed by atoms with Crippen molar-refractivity contribution in [3.63, 3.8) is 0 Å². The van der Waals surface area contributed by atoms with Crippen LogP contribution in [-0.4, -0.2) is 21.8 Å². The third kappa shape index (κ3) is 2.81. The second kappa shape index (κ2) is 3.75. The first-order valence-electron chi connectivity index (χ1n) is 3.83. The van der Waals surface area contributed by atoms with Crippen LogP contribution >= 0.6 is 0 Å². The molecule has 0 saturated carbocycles. The number of hydrogen-bond acceptors (Lipinski definition) is 4. The second-order valence-corrected chi connectivity index (χ2v) is 4.58. The minimum Gasteiger partial charge on any atom is -0.495 e. The van der Waals surface area contributed by atoms with Gasteiger partial charge in [-0.15, -0.1) is 0 Å². The molecule has 0 saturated heterocycles.